The lowest BCUT2D eigenvalue weighted by molar-refractivity contribution is 0.634. The molecule has 0 saturated heterocycles. The average Bonchev–Trinajstić information content (AvgIpc) is 2.56. The van der Waals surface area contributed by atoms with Crippen molar-refractivity contribution in [2.75, 3.05) is 5.75 Å². The lowest BCUT2D eigenvalue weighted by atomic mass is 10.3. The summed E-state index contributed by atoms with van der Waals surface area (Å²) in [7, 11) is 0. The van der Waals surface area contributed by atoms with Crippen LogP contribution in [0.5, 0.6) is 0 Å². The van der Waals surface area contributed by atoms with Gasteiger partial charge >= 0.3 is 0 Å². The molecule has 2 rings (SSSR count). The molecule has 3 heteroatoms. The topological polar surface area (TPSA) is 17.8 Å². The molecule has 1 heterocycles. The van der Waals surface area contributed by atoms with Gasteiger partial charge in [0.25, 0.3) is 0 Å². The number of thiol groups is 1. The average molecular weight is 220 g/mol. The molecule has 0 amide bonds. The first-order chi connectivity index (χ1) is 7.33. The molecule has 0 aliphatic carbocycles. The summed E-state index contributed by atoms with van der Waals surface area (Å²) in [5, 5.41) is 0. The largest absolute Gasteiger partial charge is 0.328 e. The molecule has 1 aromatic carbocycles. The molecule has 15 heavy (non-hydrogen) atoms. The van der Waals surface area contributed by atoms with Gasteiger partial charge in [0, 0.05) is 6.54 Å². The number of nitrogens with zero attached hydrogens (tertiary/aromatic N) is 2. The molecule has 0 aliphatic heterocycles. The molecule has 0 unspecified atom stereocenters. The number of fused-ring (bicyclic) bond motifs is 1. The van der Waals surface area contributed by atoms with Crippen molar-refractivity contribution < 1.29 is 0 Å². The maximum Gasteiger partial charge on any atom is 0.106 e. The molecular weight excluding hydrogens is 204 g/mol. The molecule has 0 radical (unpaired) electrons. The normalized spacial score (nSPS) is 11.1. The number of aryl methyl sites for hydroxylation is 2. The summed E-state index contributed by atoms with van der Waals surface area (Å²) >= 11 is 4.23. The number of rotatable bonds is 4. The van der Waals surface area contributed by atoms with E-state index in [2.05, 4.69) is 47.3 Å². The Hall–Kier alpha value is -0.960. The fourth-order valence-electron chi connectivity index (χ4n) is 1.86. The van der Waals surface area contributed by atoms with E-state index in [1.165, 1.54) is 11.9 Å². The van der Waals surface area contributed by atoms with Crippen LogP contribution in [0.15, 0.2) is 24.3 Å². The summed E-state index contributed by atoms with van der Waals surface area (Å²) < 4.78 is 2.29. The van der Waals surface area contributed by atoms with Crippen LogP contribution in [0, 0.1) is 6.92 Å². The number of imidazole rings is 1. The quantitative estimate of drug-likeness (QED) is 0.619. The van der Waals surface area contributed by atoms with Gasteiger partial charge in [-0.05, 0) is 37.7 Å². The highest BCUT2D eigenvalue weighted by molar-refractivity contribution is 7.80. The molecule has 0 aliphatic rings. The number of para-hydroxylation sites is 2. The molecule has 2 aromatic rings. The predicted octanol–water partition coefficient (Wildman–Crippen LogP) is 3.05. The SMILES string of the molecule is Cc1nc2ccccc2n1CCCCS. The van der Waals surface area contributed by atoms with Crippen molar-refractivity contribution in [2.24, 2.45) is 0 Å². The van der Waals surface area contributed by atoms with E-state index in [4.69, 9.17) is 0 Å². The standard InChI is InChI=1S/C12H16N2S/c1-10-13-11-6-2-3-7-12(11)14(10)8-4-5-9-15/h2-3,6-7,15H,4-5,8-9H2,1H3. The fraction of sp³-hybridized carbons (Fsp3) is 0.417. The van der Waals surface area contributed by atoms with Crippen molar-refractivity contribution in [3.63, 3.8) is 0 Å². The third-order valence-corrected chi connectivity index (χ3v) is 2.95. The Balaban J connectivity index is 2.28. The van der Waals surface area contributed by atoms with Crippen molar-refractivity contribution in [3.05, 3.63) is 30.1 Å². The van der Waals surface area contributed by atoms with Gasteiger partial charge in [-0.25, -0.2) is 4.98 Å². The zero-order valence-electron chi connectivity index (χ0n) is 8.98. The second-order valence-corrected chi connectivity index (χ2v) is 4.18. The molecule has 2 nitrogen and oxygen atoms in total. The second-order valence-electron chi connectivity index (χ2n) is 3.73. The highest BCUT2D eigenvalue weighted by Gasteiger charge is 2.05. The van der Waals surface area contributed by atoms with Gasteiger partial charge in [-0.15, -0.1) is 0 Å². The Bertz CT molecular complexity index is 448. The molecule has 0 spiro atoms. The summed E-state index contributed by atoms with van der Waals surface area (Å²) in [5.74, 6) is 2.07. The van der Waals surface area contributed by atoms with Gasteiger partial charge in [0.1, 0.15) is 5.82 Å². The molecule has 0 saturated carbocycles. The van der Waals surface area contributed by atoms with Crippen molar-refractivity contribution in [3.8, 4) is 0 Å². The zero-order valence-corrected chi connectivity index (χ0v) is 9.87. The van der Waals surface area contributed by atoms with Gasteiger partial charge in [0.15, 0.2) is 0 Å². The summed E-state index contributed by atoms with van der Waals surface area (Å²) in [6, 6.07) is 8.30. The summed E-state index contributed by atoms with van der Waals surface area (Å²) in [6.45, 7) is 3.12. The van der Waals surface area contributed by atoms with Crippen LogP contribution < -0.4 is 0 Å². The first kappa shape index (κ1) is 10.6. The van der Waals surface area contributed by atoms with Crippen molar-refractivity contribution in [1.29, 1.82) is 0 Å². The van der Waals surface area contributed by atoms with Gasteiger partial charge < -0.3 is 4.57 Å². The van der Waals surface area contributed by atoms with Gasteiger partial charge in [0.2, 0.25) is 0 Å². The lowest BCUT2D eigenvalue weighted by Crippen LogP contribution is -2.00. The first-order valence-electron chi connectivity index (χ1n) is 5.35. The minimum Gasteiger partial charge on any atom is -0.328 e. The number of benzene rings is 1. The summed E-state index contributed by atoms with van der Waals surface area (Å²) in [5.41, 5.74) is 2.34. The lowest BCUT2D eigenvalue weighted by Gasteiger charge is -2.05. The smallest absolute Gasteiger partial charge is 0.106 e. The molecule has 0 N–H and O–H groups in total. The van der Waals surface area contributed by atoms with E-state index in [1.54, 1.807) is 0 Å². The van der Waals surface area contributed by atoms with Crippen LogP contribution in [0.3, 0.4) is 0 Å². The Labute approximate surface area is 95.7 Å². The van der Waals surface area contributed by atoms with E-state index in [-0.39, 0.29) is 0 Å². The van der Waals surface area contributed by atoms with Crippen LogP contribution in [-0.4, -0.2) is 15.3 Å². The molecular formula is C12H16N2S. The maximum absolute atomic E-state index is 4.54. The van der Waals surface area contributed by atoms with Crippen LogP contribution in [0.2, 0.25) is 0 Å². The van der Waals surface area contributed by atoms with E-state index in [9.17, 15) is 0 Å². The number of aromatic nitrogens is 2. The number of unbranched alkanes of at least 4 members (excludes halogenated alkanes) is 1. The maximum atomic E-state index is 4.54. The van der Waals surface area contributed by atoms with Crippen LogP contribution in [0.1, 0.15) is 18.7 Å². The number of hydrogen-bond acceptors (Lipinski definition) is 2. The van der Waals surface area contributed by atoms with Gasteiger partial charge in [0.05, 0.1) is 11.0 Å². The summed E-state index contributed by atoms with van der Waals surface area (Å²) in [4.78, 5) is 4.54. The van der Waals surface area contributed by atoms with Crippen LogP contribution in [-0.2, 0) is 6.54 Å². The number of hydrogen-bond donors (Lipinski definition) is 1. The highest BCUT2D eigenvalue weighted by Crippen LogP contribution is 2.16. The van der Waals surface area contributed by atoms with E-state index in [0.29, 0.717) is 0 Å². The predicted molar refractivity (Wildman–Crippen MR) is 67.6 cm³/mol. The van der Waals surface area contributed by atoms with Crippen LogP contribution in [0.25, 0.3) is 11.0 Å². The minimum absolute atomic E-state index is 0.964. The van der Waals surface area contributed by atoms with E-state index in [1.807, 2.05) is 6.07 Å². The molecule has 0 atom stereocenters. The third-order valence-electron chi connectivity index (χ3n) is 2.64. The minimum atomic E-state index is 0.964. The molecule has 0 bridgehead atoms. The second kappa shape index (κ2) is 4.71. The Morgan fingerprint density at radius 1 is 1.27 bits per heavy atom. The van der Waals surface area contributed by atoms with Crippen molar-refractivity contribution in [1.82, 2.24) is 9.55 Å². The monoisotopic (exact) mass is 220 g/mol. The third kappa shape index (κ3) is 2.17. The summed E-state index contributed by atoms with van der Waals surface area (Å²) in [6.07, 6.45) is 2.33. The Morgan fingerprint density at radius 2 is 2.07 bits per heavy atom. The van der Waals surface area contributed by atoms with E-state index < -0.39 is 0 Å². The molecule has 0 fully saturated rings. The van der Waals surface area contributed by atoms with Gasteiger partial charge in [-0.1, -0.05) is 12.1 Å². The zero-order chi connectivity index (χ0) is 10.7. The first-order valence-corrected chi connectivity index (χ1v) is 5.99. The Kier molecular flexibility index (Phi) is 3.31. The van der Waals surface area contributed by atoms with E-state index in [0.717, 1.165) is 30.1 Å². The van der Waals surface area contributed by atoms with Crippen LogP contribution in [0.4, 0.5) is 0 Å². The van der Waals surface area contributed by atoms with Gasteiger partial charge in [-0.2, -0.15) is 12.6 Å². The highest BCUT2D eigenvalue weighted by atomic mass is 32.1. The fourth-order valence-corrected chi connectivity index (χ4v) is 2.08. The molecule has 1 aromatic heterocycles. The van der Waals surface area contributed by atoms with E-state index >= 15 is 0 Å². The molecule has 80 valence electrons. The van der Waals surface area contributed by atoms with Gasteiger partial charge in [-0.3, -0.25) is 0 Å². The van der Waals surface area contributed by atoms with Crippen LogP contribution >= 0.6 is 12.6 Å². The Morgan fingerprint density at radius 3 is 2.87 bits per heavy atom. The van der Waals surface area contributed by atoms with Crippen molar-refractivity contribution >= 4 is 23.7 Å². The van der Waals surface area contributed by atoms with Crippen molar-refractivity contribution in [2.45, 2.75) is 26.3 Å².